The van der Waals surface area contributed by atoms with E-state index in [1.807, 2.05) is 24.3 Å². The number of fused-ring (bicyclic) bond motifs is 1. The van der Waals surface area contributed by atoms with Gasteiger partial charge in [-0.25, -0.2) is 0 Å². The smallest absolute Gasteiger partial charge is 0.265 e. The third kappa shape index (κ3) is 2.22. The van der Waals surface area contributed by atoms with E-state index in [1.54, 1.807) is 4.90 Å². The average molecular weight is 231 g/mol. The summed E-state index contributed by atoms with van der Waals surface area (Å²) in [7, 11) is 0. The number of nitrogens with zero attached hydrogens (tertiary/aromatic N) is 2. The Balaban J connectivity index is 2.35. The summed E-state index contributed by atoms with van der Waals surface area (Å²) in [6.45, 7) is 0.827. The van der Waals surface area contributed by atoms with E-state index in [0.717, 1.165) is 5.56 Å². The molecule has 0 bridgehead atoms. The average Bonchev–Trinajstić information content (AvgIpc) is 2.37. The molecular weight excluding hydrogens is 218 g/mol. The second-order valence-corrected chi connectivity index (χ2v) is 3.75. The predicted octanol–water partition coefficient (Wildman–Crippen LogP) is 0.784. The molecule has 2 N–H and O–H groups in total. The lowest BCUT2D eigenvalue weighted by Gasteiger charge is -2.29. The van der Waals surface area contributed by atoms with E-state index in [2.05, 4.69) is 0 Å². The number of hydrogen-bond donors (Lipinski definition) is 1. The lowest BCUT2D eigenvalue weighted by atomic mass is 10.1. The van der Waals surface area contributed by atoms with Gasteiger partial charge in [0.25, 0.3) is 5.91 Å². The Morgan fingerprint density at radius 1 is 1.53 bits per heavy atom. The molecule has 0 saturated carbocycles. The summed E-state index contributed by atoms with van der Waals surface area (Å²) in [6.07, 6.45) is 0.304. The van der Waals surface area contributed by atoms with Crippen LogP contribution in [-0.4, -0.2) is 19.1 Å². The molecule has 1 aromatic carbocycles. The fraction of sp³-hybridized carbons (Fsp3) is 0.333. The van der Waals surface area contributed by atoms with Crippen molar-refractivity contribution in [3.8, 4) is 11.8 Å². The molecule has 0 aromatic heterocycles. The number of carbonyl (C=O) groups excluding carboxylic acids is 1. The Kier molecular flexibility index (Phi) is 3.26. The number of amides is 1. The van der Waals surface area contributed by atoms with Crippen LogP contribution >= 0.6 is 0 Å². The molecule has 0 radical (unpaired) electrons. The first kappa shape index (κ1) is 11.4. The van der Waals surface area contributed by atoms with Gasteiger partial charge < -0.3 is 15.4 Å². The Bertz CT molecular complexity index is 479. The van der Waals surface area contributed by atoms with Crippen LogP contribution in [0.5, 0.6) is 5.75 Å². The van der Waals surface area contributed by atoms with Crippen molar-refractivity contribution in [1.82, 2.24) is 0 Å². The first-order valence-electron chi connectivity index (χ1n) is 5.39. The van der Waals surface area contributed by atoms with E-state index in [-0.39, 0.29) is 12.5 Å². The number of anilines is 1. The molecule has 1 heterocycles. The summed E-state index contributed by atoms with van der Waals surface area (Å²) in [5.41, 5.74) is 7.21. The zero-order valence-corrected chi connectivity index (χ0v) is 9.35. The van der Waals surface area contributed by atoms with Crippen molar-refractivity contribution < 1.29 is 9.53 Å². The number of benzene rings is 1. The van der Waals surface area contributed by atoms with E-state index in [4.69, 9.17) is 15.7 Å². The van der Waals surface area contributed by atoms with Gasteiger partial charge in [-0.1, -0.05) is 6.07 Å². The highest BCUT2D eigenvalue weighted by molar-refractivity contribution is 5.97. The van der Waals surface area contributed by atoms with Gasteiger partial charge in [-0.2, -0.15) is 5.26 Å². The zero-order valence-electron chi connectivity index (χ0n) is 9.35. The van der Waals surface area contributed by atoms with Crippen molar-refractivity contribution in [3.63, 3.8) is 0 Å². The molecule has 0 saturated heterocycles. The molecule has 1 aliphatic rings. The fourth-order valence-corrected chi connectivity index (χ4v) is 1.78. The van der Waals surface area contributed by atoms with Crippen molar-refractivity contribution in [1.29, 1.82) is 5.26 Å². The molecule has 1 aliphatic heterocycles. The van der Waals surface area contributed by atoms with Gasteiger partial charge in [0.15, 0.2) is 6.61 Å². The van der Waals surface area contributed by atoms with Crippen LogP contribution in [0.15, 0.2) is 18.2 Å². The minimum absolute atomic E-state index is 0.0282. The second-order valence-electron chi connectivity index (χ2n) is 3.75. The number of carbonyl (C=O) groups is 1. The maximum Gasteiger partial charge on any atom is 0.265 e. The zero-order chi connectivity index (χ0) is 12.3. The van der Waals surface area contributed by atoms with Crippen LogP contribution < -0.4 is 15.4 Å². The van der Waals surface area contributed by atoms with Gasteiger partial charge in [-0.15, -0.1) is 0 Å². The third-order valence-corrected chi connectivity index (χ3v) is 2.65. The van der Waals surface area contributed by atoms with Crippen LogP contribution in [0.3, 0.4) is 0 Å². The molecule has 17 heavy (non-hydrogen) atoms. The Morgan fingerprint density at radius 3 is 3.06 bits per heavy atom. The minimum Gasteiger partial charge on any atom is -0.482 e. The molecule has 1 aromatic rings. The van der Waals surface area contributed by atoms with E-state index < -0.39 is 0 Å². The SMILES string of the molecule is N#CCCN1C(=O)COc2ccc(CN)cc21. The number of nitriles is 1. The standard InChI is InChI=1S/C12H13N3O2/c13-4-1-5-15-10-6-9(7-14)2-3-11(10)17-8-12(15)16/h2-3,6H,1,5,7-8,14H2. The molecule has 5 heteroatoms. The van der Waals surface area contributed by atoms with E-state index in [0.29, 0.717) is 30.9 Å². The monoisotopic (exact) mass is 231 g/mol. The van der Waals surface area contributed by atoms with Gasteiger partial charge in [-0.05, 0) is 17.7 Å². The summed E-state index contributed by atoms with van der Waals surface area (Å²) in [6, 6.07) is 7.55. The van der Waals surface area contributed by atoms with Gasteiger partial charge >= 0.3 is 0 Å². The fourth-order valence-electron chi connectivity index (χ4n) is 1.78. The lowest BCUT2D eigenvalue weighted by Crippen LogP contribution is -2.39. The van der Waals surface area contributed by atoms with Crippen molar-refractivity contribution in [2.24, 2.45) is 5.73 Å². The molecule has 0 aliphatic carbocycles. The number of hydrogen-bond acceptors (Lipinski definition) is 4. The Hall–Kier alpha value is -2.06. The largest absolute Gasteiger partial charge is 0.482 e. The van der Waals surface area contributed by atoms with Crippen LogP contribution in [-0.2, 0) is 11.3 Å². The minimum atomic E-state index is -0.123. The van der Waals surface area contributed by atoms with E-state index in [1.165, 1.54) is 0 Å². The highest BCUT2D eigenvalue weighted by Crippen LogP contribution is 2.32. The molecule has 0 spiro atoms. The van der Waals surface area contributed by atoms with Crippen LogP contribution in [0.4, 0.5) is 5.69 Å². The third-order valence-electron chi connectivity index (χ3n) is 2.65. The molecular formula is C12H13N3O2. The van der Waals surface area contributed by atoms with Crippen molar-refractivity contribution >= 4 is 11.6 Å². The summed E-state index contributed by atoms with van der Waals surface area (Å²) in [5.74, 6) is 0.543. The van der Waals surface area contributed by atoms with Gasteiger partial charge in [0, 0.05) is 13.1 Å². The number of nitrogens with two attached hydrogens (primary N) is 1. The maximum atomic E-state index is 11.7. The van der Waals surface area contributed by atoms with Crippen LogP contribution in [0.1, 0.15) is 12.0 Å². The highest BCUT2D eigenvalue weighted by Gasteiger charge is 2.25. The summed E-state index contributed by atoms with van der Waals surface area (Å²) in [5, 5.41) is 8.59. The van der Waals surface area contributed by atoms with Crippen molar-refractivity contribution in [3.05, 3.63) is 23.8 Å². The summed E-state index contributed by atoms with van der Waals surface area (Å²) < 4.78 is 5.33. The number of ether oxygens (including phenoxy) is 1. The predicted molar refractivity (Wildman–Crippen MR) is 62.4 cm³/mol. The summed E-state index contributed by atoms with van der Waals surface area (Å²) >= 11 is 0. The molecule has 2 rings (SSSR count). The van der Waals surface area contributed by atoms with Gasteiger partial charge in [0.1, 0.15) is 5.75 Å². The quantitative estimate of drug-likeness (QED) is 0.833. The molecule has 0 unspecified atom stereocenters. The topological polar surface area (TPSA) is 79.3 Å². The van der Waals surface area contributed by atoms with Gasteiger partial charge in [-0.3, -0.25) is 4.79 Å². The van der Waals surface area contributed by atoms with Gasteiger partial charge in [0.2, 0.25) is 0 Å². The summed E-state index contributed by atoms with van der Waals surface area (Å²) in [4.78, 5) is 13.3. The van der Waals surface area contributed by atoms with E-state index >= 15 is 0 Å². The Labute approximate surface area is 99.4 Å². The molecule has 0 fully saturated rings. The van der Waals surface area contributed by atoms with Crippen molar-refractivity contribution in [2.75, 3.05) is 18.1 Å². The lowest BCUT2D eigenvalue weighted by molar-refractivity contribution is -0.121. The Morgan fingerprint density at radius 2 is 2.35 bits per heavy atom. The molecule has 0 atom stereocenters. The van der Waals surface area contributed by atoms with Crippen molar-refractivity contribution in [2.45, 2.75) is 13.0 Å². The van der Waals surface area contributed by atoms with Crippen LogP contribution in [0, 0.1) is 11.3 Å². The second kappa shape index (κ2) is 4.85. The van der Waals surface area contributed by atoms with E-state index in [9.17, 15) is 4.79 Å². The molecule has 88 valence electrons. The first-order chi connectivity index (χ1) is 8.26. The maximum absolute atomic E-state index is 11.7. The molecule has 1 amide bonds. The normalized spacial score (nSPS) is 13.9. The van der Waals surface area contributed by atoms with Crippen LogP contribution in [0.25, 0.3) is 0 Å². The molecule has 5 nitrogen and oxygen atoms in total. The first-order valence-corrected chi connectivity index (χ1v) is 5.39. The highest BCUT2D eigenvalue weighted by atomic mass is 16.5. The van der Waals surface area contributed by atoms with Crippen LogP contribution in [0.2, 0.25) is 0 Å². The van der Waals surface area contributed by atoms with Gasteiger partial charge in [0.05, 0.1) is 18.2 Å². The number of rotatable bonds is 3.